The van der Waals surface area contributed by atoms with Crippen LogP contribution in [0.2, 0.25) is 0 Å². The number of nitrogens with zero attached hydrogens (tertiary/aromatic N) is 3. The van der Waals surface area contributed by atoms with Gasteiger partial charge in [0.2, 0.25) is 0 Å². The van der Waals surface area contributed by atoms with Crippen molar-refractivity contribution in [2.24, 2.45) is 0 Å². The van der Waals surface area contributed by atoms with E-state index in [4.69, 9.17) is 0 Å². The van der Waals surface area contributed by atoms with Crippen molar-refractivity contribution in [3.63, 3.8) is 0 Å². The molecule has 0 aliphatic rings. The van der Waals surface area contributed by atoms with Crippen LogP contribution >= 0.6 is 23.1 Å². The van der Waals surface area contributed by atoms with Crippen LogP contribution in [0.25, 0.3) is 16.4 Å². The van der Waals surface area contributed by atoms with Gasteiger partial charge in [-0.1, -0.05) is 66.4 Å². The van der Waals surface area contributed by atoms with Crippen molar-refractivity contribution >= 4 is 34.7 Å². The third-order valence-corrected chi connectivity index (χ3v) is 7.23. The number of amides is 1. The first-order valence-corrected chi connectivity index (χ1v) is 12.7. The highest BCUT2D eigenvalue weighted by Crippen LogP contribution is 2.31. The van der Waals surface area contributed by atoms with Crippen LogP contribution in [0.5, 0.6) is 0 Å². The van der Waals surface area contributed by atoms with Crippen molar-refractivity contribution in [1.29, 1.82) is 0 Å². The number of benzene rings is 3. The van der Waals surface area contributed by atoms with E-state index in [2.05, 4.69) is 38.3 Å². The number of carbonyl (C=O) groups excluding carboxylic acids is 1. The molecule has 0 saturated heterocycles. The van der Waals surface area contributed by atoms with Crippen molar-refractivity contribution in [3.05, 3.63) is 113 Å². The summed E-state index contributed by atoms with van der Waals surface area (Å²) < 4.78 is 2.10. The molecule has 2 aromatic heterocycles. The quantitative estimate of drug-likeness (QED) is 0.258. The number of thiophene rings is 1. The minimum absolute atomic E-state index is 0.113. The third-order valence-electron chi connectivity index (χ3n) is 5.37. The maximum absolute atomic E-state index is 12.6. The Morgan fingerprint density at radius 3 is 2.41 bits per heavy atom. The van der Waals surface area contributed by atoms with E-state index in [1.165, 1.54) is 0 Å². The normalized spacial score (nSPS) is 10.9. The Morgan fingerprint density at radius 2 is 1.68 bits per heavy atom. The van der Waals surface area contributed by atoms with Gasteiger partial charge < -0.3 is 5.32 Å². The van der Waals surface area contributed by atoms with Gasteiger partial charge in [0, 0.05) is 22.7 Å². The van der Waals surface area contributed by atoms with Gasteiger partial charge >= 0.3 is 0 Å². The van der Waals surface area contributed by atoms with Crippen LogP contribution in [0.15, 0.2) is 102 Å². The van der Waals surface area contributed by atoms with Crippen LogP contribution in [-0.4, -0.2) is 20.7 Å². The SMILES string of the molecule is Cc1ccccc1NC(=O)c1ccc(CSc2nnc(-c3cccs3)n2-c2ccccc2)cc1. The average molecular weight is 483 g/mol. The maximum atomic E-state index is 12.6. The molecule has 0 bridgehead atoms. The lowest BCUT2D eigenvalue weighted by Gasteiger charge is -2.10. The Bertz CT molecular complexity index is 1390. The number of aryl methyl sites for hydroxylation is 1. The number of thioether (sulfide) groups is 1. The summed E-state index contributed by atoms with van der Waals surface area (Å²) in [5.41, 5.74) is 4.63. The second-order valence-corrected chi connectivity index (χ2v) is 9.60. The standard InChI is InChI=1S/C27H22N4OS2/c1-19-8-5-6-11-23(19)28-26(32)21-15-13-20(14-16-21)18-34-27-30-29-25(24-12-7-17-33-24)31(27)22-9-3-2-4-10-22/h2-17H,18H2,1H3,(H,28,32). The summed E-state index contributed by atoms with van der Waals surface area (Å²) in [7, 11) is 0. The fraction of sp³-hybridized carbons (Fsp3) is 0.0741. The number of aromatic nitrogens is 3. The molecule has 0 aliphatic heterocycles. The first-order chi connectivity index (χ1) is 16.7. The molecular weight excluding hydrogens is 460 g/mol. The number of hydrogen-bond acceptors (Lipinski definition) is 5. The smallest absolute Gasteiger partial charge is 0.255 e. The molecule has 1 N–H and O–H groups in total. The minimum atomic E-state index is -0.113. The fourth-order valence-electron chi connectivity index (χ4n) is 3.55. The molecule has 0 unspecified atom stereocenters. The van der Waals surface area contributed by atoms with E-state index in [9.17, 15) is 4.79 Å². The molecule has 7 heteroatoms. The molecule has 0 aliphatic carbocycles. The third kappa shape index (κ3) is 4.81. The lowest BCUT2D eigenvalue weighted by molar-refractivity contribution is 0.102. The molecule has 0 fully saturated rings. The van der Waals surface area contributed by atoms with Crippen molar-refractivity contribution in [2.75, 3.05) is 5.32 Å². The molecular formula is C27H22N4OS2. The van der Waals surface area contributed by atoms with E-state index >= 15 is 0 Å². The van der Waals surface area contributed by atoms with E-state index < -0.39 is 0 Å². The second-order valence-electron chi connectivity index (χ2n) is 7.71. The summed E-state index contributed by atoms with van der Waals surface area (Å²) in [5, 5.41) is 14.8. The summed E-state index contributed by atoms with van der Waals surface area (Å²) in [6.45, 7) is 1.98. The highest BCUT2D eigenvalue weighted by Gasteiger charge is 2.17. The zero-order valence-corrected chi connectivity index (χ0v) is 20.1. The first kappa shape index (κ1) is 22.1. The lowest BCUT2D eigenvalue weighted by Crippen LogP contribution is -2.12. The van der Waals surface area contributed by atoms with E-state index in [0.717, 1.165) is 44.1 Å². The topological polar surface area (TPSA) is 59.8 Å². The van der Waals surface area contributed by atoms with Crippen LogP contribution < -0.4 is 5.32 Å². The summed E-state index contributed by atoms with van der Waals surface area (Å²) in [6, 6.07) is 29.7. The van der Waals surface area contributed by atoms with E-state index in [-0.39, 0.29) is 5.91 Å². The first-order valence-electron chi connectivity index (χ1n) is 10.8. The van der Waals surface area contributed by atoms with Gasteiger partial charge in [-0.3, -0.25) is 9.36 Å². The van der Waals surface area contributed by atoms with E-state index in [1.807, 2.05) is 85.1 Å². The van der Waals surface area contributed by atoms with Crippen molar-refractivity contribution in [1.82, 2.24) is 14.8 Å². The maximum Gasteiger partial charge on any atom is 0.255 e. The number of rotatable bonds is 7. The number of carbonyl (C=O) groups is 1. The molecule has 5 rings (SSSR count). The van der Waals surface area contributed by atoms with Gasteiger partial charge in [-0.15, -0.1) is 21.5 Å². The summed E-state index contributed by atoms with van der Waals surface area (Å²) in [6.07, 6.45) is 0. The highest BCUT2D eigenvalue weighted by atomic mass is 32.2. The highest BCUT2D eigenvalue weighted by molar-refractivity contribution is 7.98. The predicted octanol–water partition coefficient (Wildman–Crippen LogP) is 6.85. The molecule has 0 atom stereocenters. The Hall–Kier alpha value is -3.68. The zero-order valence-electron chi connectivity index (χ0n) is 18.5. The Morgan fingerprint density at radius 1 is 0.912 bits per heavy atom. The van der Waals surface area contributed by atoms with Crippen LogP contribution in [0.4, 0.5) is 5.69 Å². The molecule has 168 valence electrons. The van der Waals surface area contributed by atoms with Gasteiger partial charge in [0.25, 0.3) is 5.91 Å². The van der Waals surface area contributed by atoms with Gasteiger partial charge in [-0.2, -0.15) is 0 Å². The van der Waals surface area contributed by atoms with Crippen molar-refractivity contribution < 1.29 is 4.79 Å². The molecule has 1 amide bonds. The number of para-hydroxylation sites is 2. The van der Waals surface area contributed by atoms with Crippen LogP contribution in [-0.2, 0) is 5.75 Å². The predicted molar refractivity (Wildman–Crippen MR) is 140 cm³/mol. The Kier molecular flexibility index (Phi) is 6.56. The Balaban J connectivity index is 1.32. The van der Waals surface area contributed by atoms with Gasteiger partial charge in [-0.05, 0) is 59.8 Å². The molecule has 0 saturated carbocycles. The van der Waals surface area contributed by atoms with Gasteiger partial charge in [0.05, 0.1) is 4.88 Å². The molecule has 2 heterocycles. The van der Waals surface area contributed by atoms with Gasteiger partial charge in [0.15, 0.2) is 11.0 Å². The van der Waals surface area contributed by atoms with Gasteiger partial charge in [-0.25, -0.2) is 0 Å². The van der Waals surface area contributed by atoms with Crippen molar-refractivity contribution in [3.8, 4) is 16.4 Å². The molecule has 0 radical (unpaired) electrons. The number of anilines is 1. The van der Waals surface area contributed by atoms with Crippen LogP contribution in [0.3, 0.4) is 0 Å². The summed E-state index contributed by atoms with van der Waals surface area (Å²) >= 11 is 3.27. The largest absolute Gasteiger partial charge is 0.322 e. The van der Waals surface area contributed by atoms with Gasteiger partial charge in [0.1, 0.15) is 0 Å². The number of hydrogen-bond donors (Lipinski definition) is 1. The number of nitrogens with one attached hydrogen (secondary N) is 1. The second kappa shape index (κ2) is 10.1. The Labute approximate surface area is 206 Å². The average Bonchev–Trinajstić information content (AvgIpc) is 3.55. The van der Waals surface area contributed by atoms with E-state index in [0.29, 0.717) is 5.56 Å². The van der Waals surface area contributed by atoms with Crippen LogP contribution in [0, 0.1) is 6.92 Å². The molecule has 34 heavy (non-hydrogen) atoms. The molecule has 0 spiro atoms. The zero-order chi connectivity index (χ0) is 23.3. The molecule has 5 nitrogen and oxygen atoms in total. The molecule has 5 aromatic rings. The summed E-state index contributed by atoms with van der Waals surface area (Å²) in [5.74, 6) is 1.44. The van der Waals surface area contributed by atoms with Crippen molar-refractivity contribution in [2.45, 2.75) is 17.8 Å². The van der Waals surface area contributed by atoms with E-state index in [1.54, 1.807) is 23.1 Å². The monoisotopic (exact) mass is 482 g/mol. The fourth-order valence-corrected chi connectivity index (χ4v) is 5.15. The van der Waals surface area contributed by atoms with Crippen LogP contribution in [0.1, 0.15) is 21.5 Å². The molecule has 3 aromatic carbocycles. The summed E-state index contributed by atoms with van der Waals surface area (Å²) in [4.78, 5) is 13.7. The lowest BCUT2D eigenvalue weighted by atomic mass is 10.1. The minimum Gasteiger partial charge on any atom is -0.322 e.